The Kier molecular flexibility index (Phi) is 4.97. The molecule has 7 heteroatoms. The van der Waals surface area contributed by atoms with Crippen molar-refractivity contribution >= 4 is 52.9 Å². The summed E-state index contributed by atoms with van der Waals surface area (Å²) in [4.78, 5) is 0. The molecule has 2 rings (SSSR count). The molecule has 0 aliphatic heterocycles. The van der Waals surface area contributed by atoms with E-state index < -0.39 is 7.12 Å². The third-order valence-electron chi connectivity index (χ3n) is 2.57. The Hall–Kier alpha value is -1.60. The van der Waals surface area contributed by atoms with Crippen LogP contribution < -0.4 is 16.1 Å². The van der Waals surface area contributed by atoms with Crippen LogP contribution in [0, 0.1) is 0 Å². The van der Waals surface area contributed by atoms with Gasteiger partial charge in [0.25, 0.3) is 0 Å². The van der Waals surface area contributed by atoms with E-state index in [0.717, 1.165) is 5.69 Å². The number of thiocarbonyl (C=S) groups is 1. The van der Waals surface area contributed by atoms with Gasteiger partial charge < -0.3 is 20.7 Å². The first-order chi connectivity index (χ1) is 9.56. The summed E-state index contributed by atoms with van der Waals surface area (Å²) >= 11 is 11.1. The Morgan fingerprint density at radius 2 is 1.65 bits per heavy atom. The molecule has 0 heterocycles. The minimum absolute atomic E-state index is 0.249. The maximum Gasteiger partial charge on any atom is 0.489 e. The molecular formula is C13H12BClN2O2S. The van der Waals surface area contributed by atoms with Gasteiger partial charge in [0.2, 0.25) is 0 Å². The van der Waals surface area contributed by atoms with E-state index in [9.17, 15) is 0 Å². The van der Waals surface area contributed by atoms with Crippen molar-refractivity contribution in [1.82, 2.24) is 0 Å². The number of halogens is 1. The maximum atomic E-state index is 9.08. The molecule has 0 atom stereocenters. The smallest absolute Gasteiger partial charge is 0.423 e. The maximum absolute atomic E-state index is 9.08. The summed E-state index contributed by atoms with van der Waals surface area (Å²) in [6.07, 6.45) is 0. The lowest BCUT2D eigenvalue weighted by molar-refractivity contribution is 0.426. The highest BCUT2D eigenvalue weighted by Gasteiger charge is 2.15. The number of hydrogen-bond acceptors (Lipinski definition) is 3. The molecule has 2 aromatic rings. The first kappa shape index (κ1) is 14.8. The fourth-order valence-electron chi connectivity index (χ4n) is 1.63. The van der Waals surface area contributed by atoms with Crippen molar-refractivity contribution in [3.8, 4) is 0 Å². The third kappa shape index (κ3) is 3.95. The summed E-state index contributed by atoms with van der Waals surface area (Å²) in [5.74, 6) is 0. The Bertz CT molecular complexity index is 611. The lowest BCUT2D eigenvalue weighted by Crippen LogP contribution is -2.31. The molecule has 0 bridgehead atoms. The zero-order valence-corrected chi connectivity index (χ0v) is 11.9. The van der Waals surface area contributed by atoms with E-state index in [2.05, 4.69) is 10.6 Å². The molecule has 0 saturated carbocycles. The first-order valence-corrected chi connectivity index (χ1v) is 6.63. The number of rotatable bonds is 3. The van der Waals surface area contributed by atoms with Gasteiger partial charge in [-0.15, -0.1) is 0 Å². The van der Waals surface area contributed by atoms with E-state index in [0.29, 0.717) is 10.8 Å². The number of benzene rings is 2. The minimum Gasteiger partial charge on any atom is -0.423 e. The second-order valence-corrected chi connectivity index (χ2v) is 4.87. The van der Waals surface area contributed by atoms with Crippen molar-refractivity contribution in [3.63, 3.8) is 0 Å². The predicted molar refractivity (Wildman–Crippen MR) is 87.6 cm³/mol. The van der Waals surface area contributed by atoms with Gasteiger partial charge in [-0.1, -0.05) is 35.9 Å². The van der Waals surface area contributed by atoms with E-state index in [1.807, 2.05) is 30.3 Å². The van der Waals surface area contributed by atoms with E-state index >= 15 is 0 Å². The van der Waals surface area contributed by atoms with Crippen molar-refractivity contribution < 1.29 is 10.0 Å². The lowest BCUT2D eigenvalue weighted by Gasteiger charge is -2.12. The van der Waals surface area contributed by atoms with Crippen molar-refractivity contribution in [3.05, 3.63) is 53.6 Å². The van der Waals surface area contributed by atoms with Gasteiger partial charge >= 0.3 is 7.12 Å². The lowest BCUT2D eigenvalue weighted by atomic mass is 9.80. The number of hydrogen-bond donors (Lipinski definition) is 4. The fourth-order valence-corrected chi connectivity index (χ4v) is 2.14. The van der Waals surface area contributed by atoms with Crippen molar-refractivity contribution in [2.75, 3.05) is 10.6 Å². The van der Waals surface area contributed by atoms with Gasteiger partial charge in [0.1, 0.15) is 0 Å². The highest BCUT2D eigenvalue weighted by molar-refractivity contribution is 7.80. The summed E-state index contributed by atoms with van der Waals surface area (Å²) in [5.41, 5.74) is 1.78. The van der Waals surface area contributed by atoms with Crippen molar-refractivity contribution in [1.29, 1.82) is 0 Å². The topological polar surface area (TPSA) is 64.5 Å². The second kappa shape index (κ2) is 6.72. The highest BCUT2D eigenvalue weighted by Crippen LogP contribution is 2.14. The minimum atomic E-state index is -1.59. The molecule has 20 heavy (non-hydrogen) atoms. The molecule has 0 unspecified atom stereocenters. The summed E-state index contributed by atoms with van der Waals surface area (Å²) in [7, 11) is -1.59. The summed E-state index contributed by atoms with van der Waals surface area (Å²) in [5, 5.41) is 24.8. The average molecular weight is 307 g/mol. The van der Waals surface area contributed by atoms with Crippen LogP contribution in [-0.2, 0) is 0 Å². The molecule has 0 aromatic heterocycles. The quantitative estimate of drug-likeness (QED) is 0.515. The van der Waals surface area contributed by atoms with E-state index in [-0.39, 0.29) is 10.5 Å². The largest absolute Gasteiger partial charge is 0.489 e. The highest BCUT2D eigenvalue weighted by atomic mass is 35.5. The average Bonchev–Trinajstić information content (AvgIpc) is 2.39. The number of para-hydroxylation sites is 1. The van der Waals surface area contributed by atoms with E-state index in [1.165, 1.54) is 6.07 Å². The van der Waals surface area contributed by atoms with Crippen molar-refractivity contribution in [2.45, 2.75) is 0 Å². The molecule has 0 radical (unpaired) electrons. The van der Waals surface area contributed by atoms with Crippen LogP contribution in [0.5, 0.6) is 0 Å². The van der Waals surface area contributed by atoms with Gasteiger partial charge in [-0.05, 0) is 36.5 Å². The van der Waals surface area contributed by atoms with Gasteiger partial charge in [0.05, 0.1) is 0 Å². The van der Waals surface area contributed by atoms with Crippen LogP contribution in [0.3, 0.4) is 0 Å². The van der Waals surface area contributed by atoms with Gasteiger partial charge in [0.15, 0.2) is 5.11 Å². The molecule has 0 spiro atoms. The SMILES string of the molecule is OB(O)c1ccc(NC(=S)Nc2ccccc2)cc1Cl. The Labute approximate surface area is 127 Å². The van der Waals surface area contributed by atoms with Crippen molar-refractivity contribution in [2.24, 2.45) is 0 Å². The zero-order valence-electron chi connectivity index (χ0n) is 10.4. The summed E-state index contributed by atoms with van der Waals surface area (Å²) in [6, 6.07) is 14.3. The molecule has 2 aromatic carbocycles. The molecule has 4 nitrogen and oxygen atoms in total. The Balaban J connectivity index is 2.03. The van der Waals surface area contributed by atoms with E-state index in [4.69, 9.17) is 33.9 Å². The molecule has 0 amide bonds. The predicted octanol–water partition coefficient (Wildman–Crippen LogP) is 1.83. The monoisotopic (exact) mass is 306 g/mol. The Morgan fingerprint density at radius 1 is 1.00 bits per heavy atom. The van der Waals surface area contributed by atoms with Crippen LogP contribution >= 0.6 is 23.8 Å². The second-order valence-electron chi connectivity index (χ2n) is 4.06. The molecule has 0 saturated heterocycles. The van der Waals surface area contributed by atoms with Gasteiger partial charge in [-0.25, -0.2) is 0 Å². The molecule has 0 aliphatic carbocycles. The van der Waals surface area contributed by atoms with E-state index in [1.54, 1.807) is 12.1 Å². The first-order valence-electron chi connectivity index (χ1n) is 5.85. The molecule has 102 valence electrons. The van der Waals surface area contributed by atoms with Crippen LogP contribution in [0.1, 0.15) is 0 Å². The third-order valence-corrected chi connectivity index (χ3v) is 3.10. The van der Waals surface area contributed by atoms with Crippen LogP contribution in [0.4, 0.5) is 11.4 Å². The van der Waals surface area contributed by atoms with Crippen LogP contribution in [0.15, 0.2) is 48.5 Å². The molecule has 0 aliphatic rings. The standard InChI is InChI=1S/C13H12BClN2O2S/c15-12-8-10(6-7-11(12)14(18)19)17-13(20)16-9-4-2-1-3-5-9/h1-8,18-19H,(H2,16,17,20). The number of anilines is 2. The van der Waals surface area contributed by atoms with Crippen LogP contribution in [-0.4, -0.2) is 22.3 Å². The molecular weight excluding hydrogens is 294 g/mol. The van der Waals surface area contributed by atoms with Crippen LogP contribution in [0.2, 0.25) is 5.02 Å². The molecule has 4 N–H and O–H groups in total. The summed E-state index contributed by atoms with van der Waals surface area (Å²) < 4.78 is 0. The Morgan fingerprint density at radius 3 is 2.25 bits per heavy atom. The normalized spacial score (nSPS) is 9.95. The summed E-state index contributed by atoms with van der Waals surface area (Å²) in [6.45, 7) is 0. The van der Waals surface area contributed by atoms with Gasteiger partial charge in [-0.3, -0.25) is 0 Å². The van der Waals surface area contributed by atoms with Gasteiger partial charge in [0, 0.05) is 21.9 Å². The molecule has 0 fully saturated rings. The van der Waals surface area contributed by atoms with Crippen LogP contribution in [0.25, 0.3) is 0 Å². The zero-order chi connectivity index (χ0) is 14.5. The number of nitrogens with one attached hydrogen (secondary N) is 2. The fraction of sp³-hybridized carbons (Fsp3) is 0. The van der Waals surface area contributed by atoms with Gasteiger partial charge in [-0.2, -0.15) is 0 Å².